The summed E-state index contributed by atoms with van der Waals surface area (Å²) in [5.41, 5.74) is -0.453. The Morgan fingerprint density at radius 1 is 1.28 bits per heavy atom. The summed E-state index contributed by atoms with van der Waals surface area (Å²) in [7, 11) is -6.01. The fraction of sp³-hybridized carbons (Fsp3) is 0.500. The van der Waals surface area contributed by atoms with Crippen LogP contribution in [0.2, 0.25) is 18.1 Å². The van der Waals surface area contributed by atoms with Gasteiger partial charge in [0.1, 0.15) is 0 Å². The molecule has 0 bridgehead atoms. The van der Waals surface area contributed by atoms with Crippen molar-refractivity contribution >= 4 is 24.0 Å². The van der Waals surface area contributed by atoms with E-state index in [9.17, 15) is 18.5 Å². The number of hydrogen-bond acceptors (Lipinski definition) is 5. The smallest absolute Gasteiger partial charge is 0.289 e. The van der Waals surface area contributed by atoms with Crippen LogP contribution in [0.5, 0.6) is 0 Å². The third-order valence-corrected chi connectivity index (χ3v) is 11.3. The molecule has 0 saturated carbocycles. The zero-order valence-corrected chi connectivity index (χ0v) is 19.6. The van der Waals surface area contributed by atoms with Gasteiger partial charge in [-0.05, 0) is 30.6 Å². The van der Waals surface area contributed by atoms with E-state index in [4.69, 9.17) is 4.43 Å². The summed E-state index contributed by atoms with van der Waals surface area (Å²) in [6.45, 7) is 14.5. The van der Waals surface area contributed by atoms with E-state index in [0.29, 0.717) is 6.42 Å². The van der Waals surface area contributed by atoms with Crippen LogP contribution in [0.25, 0.3) is 0 Å². The molecular formula is C20H30N2O5SSi. The highest BCUT2D eigenvalue weighted by atomic mass is 32.2. The summed E-state index contributed by atoms with van der Waals surface area (Å²) in [5.74, 6) is 5.71. The molecule has 7 nitrogen and oxygen atoms in total. The number of nitro groups is 1. The second kappa shape index (κ2) is 10.2. The van der Waals surface area contributed by atoms with E-state index in [-0.39, 0.29) is 29.6 Å². The van der Waals surface area contributed by atoms with Gasteiger partial charge in [0.05, 0.1) is 18.1 Å². The molecule has 0 aliphatic heterocycles. The first-order chi connectivity index (χ1) is 13.3. The molecule has 0 saturated heterocycles. The van der Waals surface area contributed by atoms with Crippen molar-refractivity contribution in [2.75, 3.05) is 19.7 Å². The quantitative estimate of drug-likeness (QED) is 0.190. The van der Waals surface area contributed by atoms with Crippen molar-refractivity contribution in [3.63, 3.8) is 0 Å². The van der Waals surface area contributed by atoms with Gasteiger partial charge in [-0.3, -0.25) is 10.1 Å². The molecule has 0 unspecified atom stereocenters. The third kappa shape index (κ3) is 6.78. The molecule has 0 atom stereocenters. The second-order valence-corrected chi connectivity index (χ2v) is 14.8. The standard InChI is InChI=1S/C20H30N2O5SSi/c1-7-8-15-21(16-11-12-17-27-29(5,6)20(2,3)4)28(25,26)19-14-10-9-13-18(19)22(23)24/h7,9-10,13-14H,1,8,15-17H2,2-6H3. The molecule has 0 fully saturated rings. The average Bonchev–Trinajstić information content (AvgIpc) is 2.62. The summed E-state index contributed by atoms with van der Waals surface area (Å²) in [6, 6.07) is 5.31. The van der Waals surface area contributed by atoms with Crippen LogP contribution in [0, 0.1) is 22.0 Å². The van der Waals surface area contributed by atoms with Crippen molar-refractivity contribution in [3.8, 4) is 11.8 Å². The van der Waals surface area contributed by atoms with Gasteiger partial charge in [0, 0.05) is 12.6 Å². The van der Waals surface area contributed by atoms with Gasteiger partial charge < -0.3 is 4.43 Å². The van der Waals surface area contributed by atoms with Gasteiger partial charge in [-0.1, -0.05) is 50.8 Å². The Balaban J connectivity index is 3.03. The summed E-state index contributed by atoms with van der Waals surface area (Å²) in [5, 5.41) is 11.3. The number of nitrogens with zero attached hydrogens (tertiary/aromatic N) is 2. The molecule has 0 aliphatic rings. The molecule has 160 valence electrons. The number of para-hydroxylation sites is 1. The Morgan fingerprint density at radius 3 is 2.45 bits per heavy atom. The lowest BCUT2D eigenvalue weighted by Crippen LogP contribution is -2.40. The highest BCUT2D eigenvalue weighted by Gasteiger charge is 2.36. The fourth-order valence-corrected chi connectivity index (χ4v) is 4.49. The Labute approximate surface area is 175 Å². The van der Waals surface area contributed by atoms with Gasteiger partial charge in [-0.25, -0.2) is 8.42 Å². The van der Waals surface area contributed by atoms with Gasteiger partial charge in [0.25, 0.3) is 15.7 Å². The van der Waals surface area contributed by atoms with Crippen LogP contribution < -0.4 is 0 Å². The minimum absolute atomic E-state index is 0.0558. The second-order valence-electron chi connectivity index (χ2n) is 8.04. The number of sulfonamides is 1. The lowest BCUT2D eigenvalue weighted by Gasteiger charge is -2.35. The predicted molar refractivity (Wildman–Crippen MR) is 118 cm³/mol. The highest BCUT2D eigenvalue weighted by molar-refractivity contribution is 7.89. The van der Waals surface area contributed by atoms with E-state index in [1.165, 1.54) is 24.3 Å². The van der Waals surface area contributed by atoms with Crippen molar-refractivity contribution in [1.82, 2.24) is 4.31 Å². The monoisotopic (exact) mass is 438 g/mol. The number of benzene rings is 1. The molecule has 0 N–H and O–H groups in total. The Bertz CT molecular complexity index is 895. The Morgan fingerprint density at radius 2 is 1.90 bits per heavy atom. The van der Waals surface area contributed by atoms with Crippen LogP contribution in [-0.2, 0) is 14.4 Å². The van der Waals surface area contributed by atoms with Crippen molar-refractivity contribution in [2.45, 2.75) is 50.2 Å². The first kappa shape index (κ1) is 25.0. The molecule has 0 spiro atoms. The minimum Gasteiger partial charge on any atom is -0.406 e. The topological polar surface area (TPSA) is 89.8 Å². The zero-order valence-electron chi connectivity index (χ0n) is 17.8. The van der Waals surface area contributed by atoms with Crippen molar-refractivity contribution in [2.24, 2.45) is 0 Å². The molecule has 0 heterocycles. The normalized spacial score (nSPS) is 12.3. The summed E-state index contributed by atoms with van der Waals surface area (Å²) < 4.78 is 33.1. The summed E-state index contributed by atoms with van der Waals surface area (Å²) >= 11 is 0. The average molecular weight is 439 g/mol. The molecule has 0 radical (unpaired) electrons. The van der Waals surface area contributed by atoms with E-state index in [0.717, 1.165) is 4.31 Å². The van der Waals surface area contributed by atoms with Crippen molar-refractivity contribution < 1.29 is 17.8 Å². The number of rotatable bonds is 9. The van der Waals surface area contributed by atoms with E-state index < -0.39 is 29.0 Å². The number of hydrogen-bond donors (Lipinski definition) is 0. The molecule has 0 amide bonds. The molecular weight excluding hydrogens is 408 g/mol. The maximum atomic E-state index is 13.0. The van der Waals surface area contributed by atoms with Gasteiger partial charge in [0.15, 0.2) is 13.2 Å². The maximum absolute atomic E-state index is 13.0. The van der Waals surface area contributed by atoms with Crippen molar-refractivity contribution in [1.29, 1.82) is 0 Å². The molecule has 1 aromatic rings. The Kier molecular flexibility index (Phi) is 8.77. The van der Waals surface area contributed by atoms with E-state index in [1.54, 1.807) is 6.08 Å². The maximum Gasteiger partial charge on any atom is 0.289 e. The van der Waals surface area contributed by atoms with Crippen LogP contribution in [-0.4, -0.2) is 45.7 Å². The SMILES string of the molecule is C=CCCN(CC#CCO[Si](C)(C)C(C)(C)C)S(=O)(=O)c1ccccc1[N+](=O)[O-]. The lowest BCUT2D eigenvalue weighted by atomic mass is 10.2. The fourth-order valence-electron chi connectivity index (χ4n) is 2.11. The van der Waals surface area contributed by atoms with Crippen LogP contribution >= 0.6 is 0 Å². The largest absolute Gasteiger partial charge is 0.406 e. The van der Waals surface area contributed by atoms with E-state index in [1.807, 2.05) is 0 Å². The lowest BCUT2D eigenvalue weighted by molar-refractivity contribution is -0.387. The Hall–Kier alpha value is -1.99. The zero-order chi connectivity index (χ0) is 22.3. The van der Waals surface area contributed by atoms with E-state index >= 15 is 0 Å². The van der Waals surface area contributed by atoms with Crippen LogP contribution in [0.15, 0.2) is 41.8 Å². The first-order valence-corrected chi connectivity index (χ1v) is 13.6. The van der Waals surface area contributed by atoms with Crippen LogP contribution in [0.1, 0.15) is 27.2 Å². The van der Waals surface area contributed by atoms with E-state index in [2.05, 4.69) is 52.3 Å². The molecule has 0 aliphatic carbocycles. The third-order valence-electron chi connectivity index (χ3n) is 4.95. The van der Waals surface area contributed by atoms with Gasteiger partial charge in [0.2, 0.25) is 0 Å². The van der Waals surface area contributed by atoms with Gasteiger partial charge in [-0.2, -0.15) is 4.31 Å². The van der Waals surface area contributed by atoms with Crippen molar-refractivity contribution in [3.05, 3.63) is 47.0 Å². The van der Waals surface area contributed by atoms with Gasteiger partial charge >= 0.3 is 0 Å². The molecule has 9 heteroatoms. The summed E-state index contributed by atoms with van der Waals surface area (Å²) in [6.07, 6.45) is 2.00. The van der Waals surface area contributed by atoms with Crippen LogP contribution in [0.3, 0.4) is 0 Å². The first-order valence-electron chi connectivity index (χ1n) is 9.28. The molecule has 1 rings (SSSR count). The summed E-state index contributed by atoms with van der Waals surface area (Å²) in [4.78, 5) is 10.2. The molecule has 1 aromatic carbocycles. The van der Waals surface area contributed by atoms with Crippen LogP contribution in [0.4, 0.5) is 5.69 Å². The molecule has 0 aromatic heterocycles. The predicted octanol–water partition coefficient (Wildman–Crippen LogP) is 4.19. The number of nitro benzene ring substituents is 1. The minimum atomic E-state index is -4.08. The van der Waals surface area contributed by atoms with Gasteiger partial charge in [-0.15, -0.1) is 6.58 Å². The molecule has 29 heavy (non-hydrogen) atoms. The highest BCUT2D eigenvalue weighted by Crippen LogP contribution is 2.36.